The van der Waals surface area contributed by atoms with Crippen LogP contribution in [0.1, 0.15) is 6.92 Å². The highest BCUT2D eigenvalue weighted by Crippen LogP contribution is 2.27. The molecule has 9 nitrogen and oxygen atoms in total. The topological polar surface area (TPSA) is 106 Å². The minimum Gasteiger partial charge on any atom is -0.424 e. The van der Waals surface area contributed by atoms with E-state index in [-0.39, 0.29) is 6.01 Å². The summed E-state index contributed by atoms with van der Waals surface area (Å²) in [5, 5.41) is 0. The van der Waals surface area contributed by atoms with E-state index in [1.54, 1.807) is 0 Å². The molecule has 6 rings (SSSR count). The zero-order valence-corrected chi connectivity index (χ0v) is 17.2. The van der Waals surface area contributed by atoms with E-state index in [4.69, 9.17) is 24.9 Å². The molecule has 0 saturated carbocycles. The Morgan fingerprint density at radius 2 is 1.97 bits per heavy atom. The lowest BCUT2D eigenvalue weighted by molar-refractivity contribution is -0.0275. The van der Waals surface area contributed by atoms with Gasteiger partial charge in [0.1, 0.15) is 16.9 Å². The summed E-state index contributed by atoms with van der Waals surface area (Å²) in [6.45, 7) is 6.76. The van der Waals surface area contributed by atoms with Gasteiger partial charge in [-0.2, -0.15) is 4.98 Å². The zero-order valence-electron chi connectivity index (χ0n) is 17.2. The minimum absolute atomic E-state index is 0.161. The molecule has 0 amide bonds. The van der Waals surface area contributed by atoms with E-state index >= 15 is 0 Å². The van der Waals surface area contributed by atoms with Gasteiger partial charge in [-0.1, -0.05) is 0 Å². The SMILES string of the molecule is CC1COCCN1C1CN(c2cnc3ccc(-c4ccc5oc(N)nc5c4)nc3n2)C1. The van der Waals surface area contributed by atoms with Gasteiger partial charge in [-0.15, -0.1) is 0 Å². The van der Waals surface area contributed by atoms with Crippen LogP contribution in [-0.2, 0) is 4.74 Å². The van der Waals surface area contributed by atoms with Crippen LogP contribution in [0.5, 0.6) is 0 Å². The van der Waals surface area contributed by atoms with Gasteiger partial charge in [0.05, 0.1) is 25.1 Å². The molecule has 2 aliphatic heterocycles. The molecule has 0 radical (unpaired) electrons. The van der Waals surface area contributed by atoms with Crippen LogP contribution >= 0.6 is 0 Å². The van der Waals surface area contributed by atoms with Crippen molar-refractivity contribution in [3.05, 3.63) is 36.5 Å². The number of fused-ring (bicyclic) bond motifs is 2. The van der Waals surface area contributed by atoms with Crippen LogP contribution in [-0.4, -0.2) is 69.8 Å². The number of morpholine rings is 1. The van der Waals surface area contributed by atoms with Gasteiger partial charge in [-0.25, -0.2) is 15.0 Å². The molecule has 31 heavy (non-hydrogen) atoms. The first-order chi connectivity index (χ1) is 15.1. The average molecular weight is 417 g/mol. The van der Waals surface area contributed by atoms with E-state index in [0.717, 1.165) is 55.4 Å². The second-order valence-electron chi connectivity index (χ2n) is 8.22. The van der Waals surface area contributed by atoms with E-state index in [0.29, 0.717) is 28.8 Å². The second-order valence-corrected chi connectivity index (χ2v) is 8.22. The summed E-state index contributed by atoms with van der Waals surface area (Å²) in [6.07, 6.45) is 1.84. The predicted molar refractivity (Wildman–Crippen MR) is 118 cm³/mol. The molecule has 1 atom stereocenters. The van der Waals surface area contributed by atoms with Gasteiger partial charge in [-0.05, 0) is 37.3 Å². The summed E-state index contributed by atoms with van der Waals surface area (Å²) < 4.78 is 10.9. The number of nitrogen functional groups attached to an aromatic ring is 1. The number of nitrogens with two attached hydrogens (primary N) is 1. The molecule has 4 aromatic rings. The molecule has 0 bridgehead atoms. The number of anilines is 2. The molecule has 2 saturated heterocycles. The molecule has 1 aromatic carbocycles. The Kier molecular flexibility index (Phi) is 4.25. The van der Waals surface area contributed by atoms with Crippen molar-refractivity contribution in [2.24, 2.45) is 0 Å². The summed E-state index contributed by atoms with van der Waals surface area (Å²) in [6, 6.07) is 10.8. The molecular formula is C22H23N7O2. The van der Waals surface area contributed by atoms with Crippen LogP contribution < -0.4 is 10.6 Å². The Hall–Kier alpha value is -3.30. The number of nitrogens with zero attached hydrogens (tertiary/aromatic N) is 6. The summed E-state index contributed by atoms with van der Waals surface area (Å²) >= 11 is 0. The van der Waals surface area contributed by atoms with Gasteiger partial charge in [0.25, 0.3) is 6.01 Å². The van der Waals surface area contributed by atoms with E-state index in [2.05, 4.69) is 26.7 Å². The molecule has 5 heterocycles. The molecule has 9 heteroatoms. The predicted octanol–water partition coefficient (Wildman–Crippen LogP) is 2.32. The van der Waals surface area contributed by atoms with Crippen molar-refractivity contribution < 1.29 is 9.15 Å². The first-order valence-corrected chi connectivity index (χ1v) is 10.5. The fraction of sp³-hybridized carbons (Fsp3) is 0.364. The van der Waals surface area contributed by atoms with Crippen molar-refractivity contribution in [1.29, 1.82) is 0 Å². The van der Waals surface area contributed by atoms with E-state index in [1.165, 1.54) is 0 Å². The van der Waals surface area contributed by atoms with Gasteiger partial charge >= 0.3 is 0 Å². The lowest BCUT2D eigenvalue weighted by atomic mass is 10.0. The van der Waals surface area contributed by atoms with Gasteiger partial charge in [0, 0.05) is 37.3 Å². The molecular weight excluding hydrogens is 394 g/mol. The number of hydrogen-bond acceptors (Lipinski definition) is 9. The van der Waals surface area contributed by atoms with Crippen molar-refractivity contribution >= 4 is 34.1 Å². The molecule has 2 N–H and O–H groups in total. The summed E-state index contributed by atoms with van der Waals surface area (Å²) in [5.74, 6) is 0.869. The van der Waals surface area contributed by atoms with Crippen molar-refractivity contribution in [2.45, 2.75) is 19.0 Å². The number of hydrogen-bond donors (Lipinski definition) is 1. The van der Waals surface area contributed by atoms with Crippen LogP contribution in [0, 0.1) is 0 Å². The van der Waals surface area contributed by atoms with Gasteiger partial charge < -0.3 is 19.8 Å². The molecule has 0 aliphatic carbocycles. The van der Waals surface area contributed by atoms with Gasteiger partial charge in [0.15, 0.2) is 11.2 Å². The minimum atomic E-state index is 0.161. The van der Waals surface area contributed by atoms with E-state index in [1.807, 2.05) is 36.5 Å². The van der Waals surface area contributed by atoms with Crippen molar-refractivity contribution in [2.75, 3.05) is 43.5 Å². The summed E-state index contributed by atoms with van der Waals surface area (Å²) in [7, 11) is 0. The monoisotopic (exact) mass is 417 g/mol. The molecule has 3 aromatic heterocycles. The summed E-state index contributed by atoms with van der Waals surface area (Å²) in [5.41, 5.74) is 10.2. The Labute approximate surface area is 178 Å². The third kappa shape index (κ3) is 3.26. The van der Waals surface area contributed by atoms with Crippen LogP contribution in [0.2, 0.25) is 0 Å². The highest BCUT2D eigenvalue weighted by Gasteiger charge is 2.36. The largest absolute Gasteiger partial charge is 0.424 e. The average Bonchev–Trinajstić information content (AvgIpc) is 3.12. The Bertz CT molecular complexity index is 1270. The fourth-order valence-corrected chi connectivity index (χ4v) is 4.44. The zero-order chi connectivity index (χ0) is 20.9. The maximum Gasteiger partial charge on any atom is 0.292 e. The maximum atomic E-state index is 5.66. The Morgan fingerprint density at radius 1 is 1.06 bits per heavy atom. The molecule has 158 valence electrons. The van der Waals surface area contributed by atoms with Crippen molar-refractivity contribution in [3.8, 4) is 11.3 Å². The third-order valence-corrected chi connectivity index (χ3v) is 6.17. The lowest BCUT2D eigenvalue weighted by Crippen LogP contribution is -2.64. The molecule has 1 unspecified atom stereocenters. The van der Waals surface area contributed by atoms with Crippen LogP contribution in [0.15, 0.2) is 40.9 Å². The Balaban J connectivity index is 1.25. The molecule has 0 spiro atoms. The highest BCUT2D eigenvalue weighted by atomic mass is 16.5. The highest BCUT2D eigenvalue weighted by molar-refractivity contribution is 5.82. The van der Waals surface area contributed by atoms with Crippen LogP contribution in [0.25, 0.3) is 33.5 Å². The Morgan fingerprint density at radius 3 is 2.84 bits per heavy atom. The van der Waals surface area contributed by atoms with Crippen molar-refractivity contribution in [3.63, 3.8) is 0 Å². The normalized spacial score (nSPS) is 20.4. The van der Waals surface area contributed by atoms with E-state index in [9.17, 15) is 0 Å². The first kappa shape index (κ1) is 18.5. The van der Waals surface area contributed by atoms with Gasteiger partial charge in [0.2, 0.25) is 0 Å². The number of ether oxygens (including phenoxy) is 1. The standard InChI is InChI=1S/C22H23N7O2/c1-13-12-30-7-6-29(13)15-10-28(11-15)20-9-24-17-4-3-16(25-21(17)27-20)14-2-5-19-18(8-14)26-22(23)31-19/h2-5,8-9,13,15H,6-7,10-12H2,1H3,(H2,23,26). The van der Waals surface area contributed by atoms with Crippen LogP contribution in [0.4, 0.5) is 11.8 Å². The maximum absolute atomic E-state index is 5.66. The number of oxazole rings is 1. The first-order valence-electron chi connectivity index (χ1n) is 10.5. The quantitative estimate of drug-likeness (QED) is 0.537. The molecule has 2 aliphatic rings. The smallest absolute Gasteiger partial charge is 0.292 e. The summed E-state index contributed by atoms with van der Waals surface area (Å²) in [4.78, 5) is 23.2. The number of pyridine rings is 1. The number of aromatic nitrogens is 4. The van der Waals surface area contributed by atoms with Crippen LogP contribution in [0.3, 0.4) is 0 Å². The fourth-order valence-electron chi connectivity index (χ4n) is 4.44. The van der Waals surface area contributed by atoms with Gasteiger partial charge in [-0.3, -0.25) is 4.90 Å². The third-order valence-electron chi connectivity index (χ3n) is 6.17. The molecule has 2 fully saturated rings. The number of rotatable bonds is 3. The number of benzene rings is 1. The lowest BCUT2D eigenvalue weighted by Gasteiger charge is -2.49. The second kappa shape index (κ2) is 7.14. The van der Waals surface area contributed by atoms with E-state index < -0.39 is 0 Å². The van der Waals surface area contributed by atoms with Crippen molar-refractivity contribution in [1.82, 2.24) is 24.8 Å².